The van der Waals surface area contributed by atoms with Crippen LogP contribution in [-0.4, -0.2) is 34.2 Å². The zero-order valence-electron chi connectivity index (χ0n) is 19.3. The maximum absolute atomic E-state index is 12.0. The predicted octanol–water partition coefficient (Wildman–Crippen LogP) is 4.79. The maximum Gasteiger partial charge on any atom is 0.428 e. The van der Waals surface area contributed by atoms with Crippen molar-refractivity contribution in [1.82, 2.24) is 9.99 Å². The smallest absolute Gasteiger partial charge is 0.428 e. The van der Waals surface area contributed by atoms with Crippen LogP contribution in [0.3, 0.4) is 0 Å². The molecule has 2 aromatic carbocycles. The molecule has 3 aromatic rings. The molecule has 2 N–H and O–H groups in total. The largest absolute Gasteiger partial charge is 0.497 e. The van der Waals surface area contributed by atoms with Crippen LogP contribution in [0.25, 0.3) is 0 Å². The van der Waals surface area contributed by atoms with Crippen molar-refractivity contribution in [2.24, 2.45) is 10.1 Å². The number of hydrogen-bond acceptors (Lipinski definition) is 7. The van der Waals surface area contributed by atoms with E-state index in [1.54, 1.807) is 39.4 Å². The summed E-state index contributed by atoms with van der Waals surface area (Å²) in [5.74, 6) is 0.750. The van der Waals surface area contributed by atoms with E-state index in [2.05, 4.69) is 10.5 Å². The third kappa shape index (κ3) is 6.69. The molecule has 0 aliphatic heterocycles. The van der Waals surface area contributed by atoms with Crippen molar-refractivity contribution in [2.75, 3.05) is 7.11 Å². The Bertz CT molecular complexity index is 1190. The third-order valence-electron chi connectivity index (χ3n) is 4.41. The fourth-order valence-corrected chi connectivity index (χ4v) is 3.87. The number of carbonyl (C=O) groups excluding carboxylic acids is 1. The van der Waals surface area contributed by atoms with Gasteiger partial charge >= 0.3 is 6.09 Å². The highest BCUT2D eigenvalue weighted by Gasteiger charge is 2.18. The number of nitrogens with one attached hydrogen (secondary N) is 1. The van der Waals surface area contributed by atoms with Crippen LogP contribution in [0, 0.1) is 0 Å². The van der Waals surface area contributed by atoms with E-state index < -0.39 is 11.7 Å². The van der Waals surface area contributed by atoms with Gasteiger partial charge in [0.2, 0.25) is 5.88 Å². The normalized spacial score (nSPS) is 12.5. The van der Waals surface area contributed by atoms with Gasteiger partial charge in [0.1, 0.15) is 16.2 Å². The van der Waals surface area contributed by atoms with Crippen LogP contribution in [0.4, 0.5) is 10.5 Å². The number of nitrogens with zero attached hydrogens (tertiary/aromatic N) is 3. The summed E-state index contributed by atoms with van der Waals surface area (Å²) in [6, 6.07) is 17.1. The molecule has 0 unspecified atom stereocenters. The molecule has 174 valence electrons. The second-order valence-electron chi connectivity index (χ2n) is 8.23. The van der Waals surface area contributed by atoms with Gasteiger partial charge in [-0.3, -0.25) is 4.57 Å². The summed E-state index contributed by atoms with van der Waals surface area (Å²) in [5, 5.41) is 15.1. The molecular weight excluding hydrogens is 440 g/mol. The van der Waals surface area contributed by atoms with Crippen LogP contribution < -0.4 is 15.0 Å². The molecule has 0 aliphatic carbocycles. The molecule has 1 aromatic heterocycles. The van der Waals surface area contributed by atoms with Crippen molar-refractivity contribution in [3.05, 3.63) is 69.8 Å². The Morgan fingerprint density at radius 2 is 1.79 bits per heavy atom. The van der Waals surface area contributed by atoms with Crippen LogP contribution in [0.1, 0.15) is 38.1 Å². The van der Waals surface area contributed by atoms with Crippen molar-refractivity contribution in [1.29, 1.82) is 0 Å². The van der Waals surface area contributed by atoms with Crippen LogP contribution in [0.5, 0.6) is 11.6 Å². The molecule has 3 rings (SSSR count). The van der Waals surface area contributed by atoms with E-state index in [4.69, 9.17) is 14.5 Å². The average Bonchev–Trinajstić information content (AvgIpc) is 3.07. The molecule has 0 radical (unpaired) electrons. The molecule has 0 atom stereocenters. The lowest BCUT2D eigenvalue weighted by molar-refractivity contribution is 0.0529. The second-order valence-corrected chi connectivity index (χ2v) is 9.21. The minimum absolute atomic E-state index is 0.0170. The van der Waals surface area contributed by atoms with Crippen molar-refractivity contribution in [3.8, 4) is 11.6 Å². The Kier molecular flexibility index (Phi) is 7.55. The predicted molar refractivity (Wildman–Crippen MR) is 129 cm³/mol. The highest BCUT2D eigenvalue weighted by molar-refractivity contribution is 7.11. The average molecular weight is 469 g/mol. The lowest BCUT2D eigenvalue weighted by atomic mass is 10.2. The molecule has 9 heteroatoms. The standard InChI is InChI=1S/C24H28N4O4S/c1-16(26-27-23(30)32-24(2,3)4)20-21(29)28(15-17-9-7-6-8-10-17)22(33-20)25-18-11-13-19(31-5)14-12-18/h6-14,29H,15H2,1-5H3,(H,27,30)/b25-22?,26-16+. The molecule has 0 spiro atoms. The van der Waals surface area contributed by atoms with Crippen molar-refractivity contribution in [2.45, 2.75) is 39.8 Å². The van der Waals surface area contributed by atoms with E-state index in [0.717, 1.165) is 11.3 Å². The highest BCUT2D eigenvalue weighted by Crippen LogP contribution is 2.24. The van der Waals surface area contributed by atoms with Crippen LogP contribution in [-0.2, 0) is 11.3 Å². The fraction of sp³-hybridized carbons (Fsp3) is 0.292. The SMILES string of the molecule is COc1ccc(N=c2sc(/C(C)=N/NC(=O)OC(C)(C)C)c(O)n2Cc2ccccc2)cc1. The number of amides is 1. The number of aromatic nitrogens is 1. The number of ether oxygens (including phenoxy) is 2. The summed E-state index contributed by atoms with van der Waals surface area (Å²) in [6.07, 6.45) is -0.668. The molecule has 8 nitrogen and oxygen atoms in total. The van der Waals surface area contributed by atoms with E-state index in [1.807, 2.05) is 54.6 Å². The zero-order chi connectivity index (χ0) is 24.0. The Morgan fingerprint density at radius 1 is 1.12 bits per heavy atom. The Morgan fingerprint density at radius 3 is 2.39 bits per heavy atom. The van der Waals surface area contributed by atoms with Gasteiger partial charge in [-0.15, -0.1) is 0 Å². The quantitative estimate of drug-likeness (QED) is 0.401. The summed E-state index contributed by atoms with van der Waals surface area (Å²) in [6.45, 7) is 7.44. The molecule has 1 heterocycles. The number of carbonyl (C=O) groups is 1. The summed E-state index contributed by atoms with van der Waals surface area (Å²) < 4.78 is 12.1. The number of hydrogen-bond donors (Lipinski definition) is 2. The third-order valence-corrected chi connectivity index (χ3v) is 5.58. The van der Waals surface area contributed by atoms with Gasteiger partial charge in [-0.2, -0.15) is 5.10 Å². The van der Waals surface area contributed by atoms with E-state index in [-0.39, 0.29) is 5.88 Å². The zero-order valence-corrected chi connectivity index (χ0v) is 20.1. The monoisotopic (exact) mass is 468 g/mol. The van der Waals surface area contributed by atoms with Gasteiger partial charge in [0.05, 0.1) is 25.1 Å². The van der Waals surface area contributed by atoms with Crippen molar-refractivity contribution < 1.29 is 19.4 Å². The van der Waals surface area contributed by atoms with Gasteiger partial charge in [-0.05, 0) is 57.5 Å². The molecule has 0 saturated carbocycles. The second kappa shape index (κ2) is 10.4. The van der Waals surface area contributed by atoms with Gasteiger partial charge in [0.15, 0.2) is 4.80 Å². The Balaban J connectivity index is 1.99. The topological polar surface area (TPSA) is 97.4 Å². The van der Waals surface area contributed by atoms with E-state index in [9.17, 15) is 9.90 Å². The van der Waals surface area contributed by atoms with Gasteiger partial charge in [-0.25, -0.2) is 15.2 Å². The number of benzene rings is 2. The fourth-order valence-electron chi connectivity index (χ4n) is 2.88. The molecule has 0 bridgehead atoms. The van der Waals surface area contributed by atoms with E-state index in [0.29, 0.717) is 27.6 Å². The van der Waals surface area contributed by atoms with Crippen LogP contribution in [0.2, 0.25) is 0 Å². The summed E-state index contributed by atoms with van der Waals surface area (Å²) in [4.78, 5) is 17.8. The Hall–Kier alpha value is -3.59. The number of aromatic hydroxyl groups is 1. The van der Waals surface area contributed by atoms with Gasteiger partial charge in [-0.1, -0.05) is 41.7 Å². The van der Waals surface area contributed by atoms with E-state index in [1.165, 1.54) is 11.3 Å². The summed E-state index contributed by atoms with van der Waals surface area (Å²) >= 11 is 1.28. The molecule has 1 amide bonds. The van der Waals surface area contributed by atoms with Crippen LogP contribution in [0.15, 0.2) is 64.7 Å². The first kappa shape index (κ1) is 24.1. The summed E-state index contributed by atoms with van der Waals surface area (Å²) in [5.41, 5.74) is 3.89. The van der Waals surface area contributed by atoms with Gasteiger partial charge < -0.3 is 14.6 Å². The summed E-state index contributed by atoms with van der Waals surface area (Å²) in [7, 11) is 1.61. The highest BCUT2D eigenvalue weighted by atomic mass is 32.1. The molecule has 33 heavy (non-hydrogen) atoms. The molecule has 0 fully saturated rings. The lowest BCUT2D eigenvalue weighted by Gasteiger charge is -2.18. The van der Waals surface area contributed by atoms with Crippen LogP contribution >= 0.6 is 11.3 Å². The van der Waals surface area contributed by atoms with Gasteiger partial charge in [0, 0.05) is 0 Å². The number of rotatable bonds is 6. The maximum atomic E-state index is 12.0. The number of methoxy groups -OCH3 is 1. The molecular formula is C24H28N4O4S. The number of thiazole rings is 1. The molecule has 0 saturated heterocycles. The van der Waals surface area contributed by atoms with Gasteiger partial charge in [0.25, 0.3) is 0 Å². The van der Waals surface area contributed by atoms with E-state index >= 15 is 0 Å². The first-order valence-electron chi connectivity index (χ1n) is 10.4. The number of hydrazone groups is 1. The Labute approximate surface area is 196 Å². The minimum Gasteiger partial charge on any atom is -0.497 e. The first-order valence-corrected chi connectivity index (χ1v) is 11.2. The van der Waals surface area contributed by atoms with Crippen molar-refractivity contribution in [3.63, 3.8) is 0 Å². The minimum atomic E-state index is -0.668. The lowest BCUT2D eigenvalue weighted by Crippen LogP contribution is -2.30. The molecule has 0 aliphatic rings. The first-order chi connectivity index (χ1) is 15.7. The van der Waals surface area contributed by atoms with Crippen molar-refractivity contribution >= 4 is 28.8 Å².